The summed E-state index contributed by atoms with van der Waals surface area (Å²) >= 11 is 0. The van der Waals surface area contributed by atoms with Crippen molar-refractivity contribution < 1.29 is 19.0 Å². The van der Waals surface area contributed by atoms with E-state index >= 15 is 0 Å². The Morgan fingerprint density at radius 3 is 2.93 bits per heavy atom. The molecule has 1 amide bonds. The maximum Gasteiger partial charge on any atom is 0.410 e. The zero-order valence-corrected chi connectivity index (χ0v) is 17.0. The largest absolute Gasteiger partial charge is 0.478 e. The first-order chi connectivity index (χ1) is 14.2. The summed E-state index contributed by atoms with van der Waals surface area (Å²) in [5.74, 6) is 0.644. The highest BCUT2D eigenvalue weighted by Gasteiger charge is 2.29. The van der Waals surface area contributed by atoms with Crippen molar-refractivity contribution in [2.75, 3.05) is 26.3 Å². The van der Waals surface area contributed by atoms with Crippen molar-refractivity contribution in [2.24, 2.45) is 0 Å². The molecule has 1 fully saturated rings. The van der Waals surface area contributed by atoms with E-state index in [2.05, 4.69) is 17.2 Å². The van der Waals surface area contributed by atoms with Gasteiger partial charge in [0.2, 0.25) is 5.88 Å². The monoisotopic (exact) mass is 399 g/mol. The summed E-state index contributed by atoms with van der Waals surface area (Å²) in [5, 5.41) is 3.46. The average Bonchev–Trinajstić information content (AvgIpc) is 2.77. The Morgan fingerprint density at radius 1 is 1.31 bits per heavy atom. The topological polar surface area (TPSA) is 72.9 Å². The Hall–Kier alpha value is -2.64. The lowest BCUT2D eigenvalue weighted by atomic mass is 10.1. The lowest BCUT2D eigenvalue weighted by Gasteiger charge is -2.35. The molecule has 1 aromatic carbocycles. The molecule has 0 unspecified atom stereocenters. The fourth-order valence-electron chi connectivity index (χ4n) is 3.18. The highest BCUT2D eigenvalue weighted by molar-refractivity contribution is 5.67. The maximum absolute atomic E-state index is 12.4. The summed E-state index contributed by atoms with van der Waals surface area (Å²) in [6.45, 7) is 6.98. The van der Waals surface area contributed by atoms with Gasteiger partial charge >= 0.3 is 6.09 Å². The molecule has 3 rings (SSSR count). The standard InChI is InChI=1S/C22H29N3O4/c1-3-27-21-19(10-7-11-23-21)14-24-17(2)20-15-25(12-13-28-20)22(26)29-16-18-8-5-4-6-9-18/h4-11,17,20,24H,3,12-16H2,1-2H3/t17-,20-/m0/s1. The van der Waals surface area contributed by atoms with Gasteiger partial charge in [-0.05, 0) is 25.5 Å². The molecule has 2 heterocycles. The number of pyridine rings is 1. The fraction of sp³-hybridized carbons (Fsp3) is 0.455. The zero-order valence-electron chi connectivity index (χ0n) is 17.0. The van der Waals surface area contributed by atoms with Crippen LogP contribution in [0.4, 0.5) is 4.79 Å². The zero-order chi connectivity index (χ0) is 20.5. The number of carbonyl (C=O) groups excluding carboxylic acids is 1. The van der Waals surface area contributed by atoms with Gasteiger partial charge in [-0.3, -0.25) is 0 Å². The third kappa shape index (κ3) is 6.17. The molecule has 2 atom stereocenters. The second-order valence-electron chi connectivity index (χ2n) is 6.97. The normalized spacial score (nSPS) is 17.6. The summed E-state index contributed by atoms with van der Waals surface area (Å²) in [7, 11) is 0. The molecule has 0 spiro atoms. The quantitative estimate of drug-likeness (QED) is 0.736. The Bertz CT molecular complexity index is 772. The predicted molar refractivity (Wildman–Crippen MR) is 110 cm³/mol. The van der Waals surface area contributed by atoms with Gasteiger partial charge in [0.1, 0.15) is 6.61 Å². The van der Waals surface area contributed by atoms with Crippen LogP contribution >= 0.6 is 0 Å². The highest BCUT2D eigenvalue weighted by Crippen LogP contribution is 2.16. The number of amides is 1. The number of hydrogen-bond acceptors (Lipinski definition) is 6. The predicted octanol–water partition coefficient (Wildman–Crippen LogP) is 3.00. The van der Waals surface area contributed by atoms with E-state index in [9.17, 15) is 4.79 Å². The molecule has 0 saturated carbocycles. The lowest BCUT2D eigenvalue weighted by Crippen LogP contribution is -2.52. The molecule has 29 heavy (non-hydrogen) atoms. The summed E-state index contributed by atoms with van der Waals surface area (Å²) < 4.78 is 16.9. The minimum atomic E-state index is -0.305. The minimum Gasteiger partial charge on any atom is -0.478 e. The number of morpholine rings is 1. The fourth-order valence-corrected chi connectivity index (χ4v) is 3.18. The van der Waals surface area contributed by atoms with E-state index in [1.165, 1.54) is 0 Å². The number of nitrogens with zero attached hydrogens (tertiary/aromatic N) is 2. The van der Waals surface area contributed by atoms with Crippen molar-refractivity contribution in [2.45, 2.75) is 39.1 Å². The first kappa shape index (κ1) is 21.1. The van der Waals surface area contributed by atoms with Gasteiger partial charge in [-0.15, -0.1) is 0 Å². The summed E-state index contributed by atoms with van der Waals surface area (Å²) in [4.78, 5) is 18.4. The summed E-state index contributed by atoms with van der Waals surface area (Å²) in [5.41, 5.74) is 1.97. The van der Waals surface area contributed by atoms with Gasteiger partial charge in [-0.1, -0.05) is 36.4 Å². The van der Waals surface area contributed by atoms with Crippen LogP contribution in [0, 0.1) is 0 Å². The molecule has 7 nitrogen and oxygen atoms in total. The van der Waals surface area contributed by atoms with Crippen LogP contribution in [-0.2, 0) is 22.6 Å². The number of benzene rings is 1. The Balaban J connectivity index is 1.48. The molecular formula is C22H29N3O4. The van der Waals surface area contributed by atoms with Crippen LogP contribution in [0.1, 0.15) is 25.0 Å². The lowest BCUT2D eigenvalue weighted by molar-refractivity contribution is -0.0420. The molecule has 1 N–H and O–H groups in total. The third-order valence-corrected chi connectivity index (χ3v) is 4.86. The first-order valence-corrected chi connectivity index (χ1v) is 10.0. The van der Waals surface area contributed by atoms with Crippen LogP contribution in [0.15, 0.2) is 48.7 Å². The SMILES string of the molecule is CCOc1ncccc1CN[C@@H](C)[C@@H]1CN(C(=O)OCc2ccccc2)CCO1. The van der Waals surface area contributed by atoms with E-state index in [0.29, 0.717) is 38.7 Å². The van der Waals surface area contributed by atoms with E-state index in [-0.39, 0.29) is 24.8 Å². The van der Waals surface area contributed by atoms with Crippen LogP contribution in [0.2, 0.25) is 0 Å². The van der Waals surface area contributed by atoms with E-state index < -0.39 is 0 Å². The van der Waals surface area contributed by atoms with Crippen LogP contribution < -0.4 is 10.1 Å². The number of rotatable bonds is 8. The smallest absolute Gasteiger partial charge is 0.410 e. The van der Waals surface area contributed by atoms with Crippen molar-refractivity contribution in [3.8, 4) is 5.88 Å². The summed E-state index contributed by atoms with van der Waals surface area (Å²) in [6.07, 6.45) is 1.31. The second kappa shape index (κ2) is 10.8. The van der Waals surface area contributed by atoms with Gasteiger partial charge in [0, 0.05) is 30.9 Å². The molecular weight excluding hydrogens is 370 g/mol. The van der Waals surface area contributed by atoms with Crippen molar-refractivity contribution in [3.05, 3.63) is 59.8 Å². The molecule has 0 aliphatic carbocycles. The highest BCUT2D eigenvalue weighted by atomic mass is 16.6. The number of ether oxygens (including phenoxy) is 3. The third-order valence-electron chi connectivity index (χ3n) is 4.86. The number of carbonyl (C=O) groups is 1. The van der Waals surface area contributed by atoms with E-state index in [1.54, 1.807) is 11.1 Å². The molecule has 7 heteroatoms. The van der Waals surface area contributed by atoms with Crippen LogP contribution in [0.3, 0.4) is 0 Å². The van der Waals surface area contributed by atoms with Gasteiger partial charge in [-0.25, -0.2) is 9.78 Å². The molecule has 1 aliphatic rings. The number of aromatic nitrogens is 1. The molecule has 1 aromatic heterocycles. The van der Waals surface area contributed by atoms with E-state index in [1.807, 2.05) is 49.4 Å². The molecule has 156 valence electrons. The van der Waals surface area contributed by atoms with Gasteiger partial charge in [-0.2, -0.15) is 0 Å². The average molecular weight is 399 g/mol. The van der Waals surface area contributed by atoms with Gasteiger partial charge in [0.15, 0.2) is 0 Å². The Kier molecular flexibility index (Phi) is 7.84. The maximum atomic E-state index is 12.4. The van der Waals surface area contributed by atoms with Crippen LogP contribution in [0.5, 0.6) is 5.88 Å². The number of nitrogens with one attached hydrogen (secondary N) is 1. The van der Waals surface area contributed by atoms with Gasteiger partial charge in [0.05, 0.1) is 25.9 Å². The first-order valence-electron chi connectivity index (χ1n) is 10.0. The van der Waals surface area contributed by atoms with Gasteiger partial charge < -0.3 is 24.4 Å². The van der Waals surface area contributed by atoms with Crippen molar-refractivity contribution in [3.63, 3.8) is 0 Å². The summed E-state index contributed by atoms with van der Waals surface area (Å²) in [6, 6.07) is 13.6. The van der Waals surface area contributed by atoms with E-state index in [0.717, 1.165) is 11.1 Å². The molecule has 1 saturated heterocycles. The molecule has 0 bridgehead atoms. The van der Waals surface area contributed by atoms with Crippen LogP contribution in [-0.4, -0.2) is 54.4 Å². The van der Waals surface area contributed by atoms with Crippen LogP contribution in [0.25, 0.3) is 0 Å². The number of hydrogen-bond donors (Lipinski definition) is 1. The van der Waals surface area contributed by atoms with Crippen molar-refractivity contribution in [1.29, 1.82) is 0 Å². The minimum absolute atomic E-state index is 0.0504. The molecule has 1 aliphatic heterocycles. The van der Waals surface area contributed by atoms with Gasteiger partial charge in [0.25, 0.3) is 0 Å². The van der Waals surface area contributed by atoms with Crippen molar-refractivity contribution >= 4 is 6.09 Å². The Labute approximate surface area is 172 Å². The Morgan fingerprint density at radius 2 is 2.14 bits per heavy atom. The molecule has 2 aromatic rings. The molecule has 0 radical (unpaired) electrons. The van der Waals surface area contributed by atoms with E-state index in [4.69, 9.17) is 14.2 Å². The van der Waals surface area contributed by atoms with Crippen molar-refractivity contribution in [1.82, 2.24) is 15.2 Å². The second-order valence-corrected chi connectivity index (χ2v) is 6.97.